The van der Waals surface area contributed by atoms with Crippen LogP contribution in [0.4, 0.5) is 0 Å². The number of nitrogens with one attached hydrogen (secondary N) is 1. The van der Waals surface area contributed by atoms with Crippen LogP contribution in [0, 0.1) is 0 Å². The molecule has 3 aromatic heterocycles. The van der Waals surface area contributed by atoms with Crippen molar-refractivity contribution in [3.63, 3.8) is 0 Å². The van der Waals surface area contributed by atoms with E-state index in [-0.39, 0.29) is 0 Å². The predicted octanol–water partition coefficient (Wildman–Crippen LogP) is 22.8. The molecule has 0 amide bonds. The lowest BCUT2D eigenvalue weighted by molar-refractivity contribution is 0.935. The number of hydrogen-bond donors (Lipinski definition) is 1. The smallest absolute Gasteiger partial charge is 0.0541 e. The lowest BCUT2D eigenvalue weighted by Crippen LogP contribution is -2.02. The van der Waals surface area contributed by atoms with Gasteiger partial charge in [0.25, 0.3) is 0 Å². The molecule has 0 fully saturated rings. The molecule has 0 saturated carbocycles. The van der Waals surface area contributed by atoms with Crippen LogP contribution in [-0.2, 0) is 6.42 Å². The molecule has 14 aromatic rings. The highest BCUT2D eigenvalue weighted by Gasteiger charge is 2.24. The maximum Gasteiger partial charge on any atom is 0.0541 e. The van der Waals surface area contributed by atoms with E-state index >= 15 is 0 Å². The number of rotatable bonds is 10. The van der Waals surface area contributed by atoms with Crippen molar-refractivity contribution in [2.75, 3.05) is 0 Å². The molecule has 1 N–H and O–H groups in total. The summed E-state index contributed by atoms with van der Waals surface area (Å²) in [6, 6.07) is 90.9. The van der Waals surface area contributed by atoms with Crippen molar-refractivity contribution in [2.24, 2.45) is 4.99 Å². The molecular formula is C85H64N4. The lowest BCUT2D eigenvalue weighted by atomic mass is 9.89. The van der Waals surface area contributed by atoms with Crippen LogP contribution >= 0.6 is 0 Å². The quantitative estimate of drug-likeness (QED) is 0.142. The Hall–Kier alpha value is -11.1. The minimum atomic E-state index is 0.982. The highest BCUT2D eigenvalue weighted by Crippen LogP contribution is 2.46. The van der Waals surface area contributed by atoms with Gasteiger partial charge in [0.05, 0.1) is 22.2 Å². The molecule has 89 heavy (non-hydrogen) atoms. The first-order valence-electron chi connectivity index (χ1n) is 31.2. The van der Waals surface area contributed by atoms with Crippen LogP contribution in [0.3, 0.4) is 0 Å². The Balaban J connectivity index is 0.000000143. The minimum absolute atomic E-state index is 0.982. The van der Waals surface area contributed by atoms with Gasteiger partial charge in [0, 0.05) is 66.8 Å². The van der Waals surface area contributed by atoms with Crippen molar-refractivity contribution in [3.8, 4) is 67.0 Å². The summed E-state index contributed by atoms with van der Waals surface area (Å²) >= 11 is 0. The van der Waals surface area contributed by atoms with Gasteiger partial charge in [0.1, 0.15) is 0 Å². The summed E-state index contributed by atoms with van der Waals surface area (Å²) in [7, 11) is 0. The first kappa shape index (κ1) is 53.4. The number of para-hydroxylation sites is 2. The molecule has 0 saturated heterocycles. The fourth-order valence-corrected chi connectivity index (χ4v) is 14.3. The Labute approximate surface area is 519 Å². The fourth-order valence-electron chi connectivity index (χ4n) is 14.3. The van der Waals surface area contributed by atoms with Crippen molar-refractivity contribution in [2.45, 2.75) is 39.0 Å². The van der Waals surface area contributed by atoms with Crippen LogP contribution in [0.2, 0.25) is 0 Å². The van der Waals surface area contributed by atoms with Crippen LogP contribution in [0.1, 0.15) is 60.6 Å². The monoisotopic (exact) mass is 1140 g/mol. The Morgan fingerprint density at radius 1 is 0.427 bits per heavy atom. The van der Waals surface area contributed by atoms with E-state index in [1.54, 1.807) is 5.57 Å². The Kier molecular flexibility index (Phi) is 13.6. The number of fused-ring (bicyclic) bond motifs is 9. The van der Waals surface area contributed by atoms with Crippen molar-refractivity contribution in [1.82, 2.24) is 14.1 Å². The molecule has 0 bridgehead atoms. The molecule has 2 aliphatic carbocycles. The van der Waals surface area contributed by atoms with E-state index in [2.05, 4.69) is 312 Å². The van der Waals surface area contributed by atoms with Crippen molar-refractivity contribution < 1.29 is 0 Å². The van der Waals surface area contributed by atoms with Gasteiger partial charge in [0.15, 0.2) is 0 Å². The van der Waals surface area contributed by atoms with E-state index in [1.807, 2.05) is 12.3 Å². The van der Waals surface area contributed by atoms with Gasteiger partial charge in [-0.15, -0.1) is 0 Å². The number of allylic oxidation sites excluding steroid dienone is 6. The van der Waals surface area contributed by atoms with E-state index < -0.39 is 0 Å². The summed E-state index contributed by atoms with van der Waals surface area (Å²) in [5, 5.41) is 6.19. The highest BCUT2D eigenvalue weighted by molar-refractivity contribution is 6.14. The van der Waals surface area contributed by atoms with Gasteiger partial charge in [-0.3, -0.25) is 4.99 Å². The third-order valence-electron chi connectivity index (χ3n) is 18.4. The second-order valence-corrected chi connectivity index (χ2v) is 23.7. The highest BCUT2D eigenvalue weighted by atomic mass is 15.0. The van der Waals surface area contributed by atoms with Crippen LogP contribution in [0.15, 0.2) is 296 Å². The molecule has 0 radical (unpaired) electrons. The molecule has 4 heterocycles. The Bertz CT molecular complexity index is 5290. The van der Waals surface area contributed by atoms with Crippen molar-refractivity contribution >= 4 is 78.0 Å². The molecule has 4 nitrogen and oxygen atoms in total. The number of aliphatic imine (C=N–C) groups is 1. The molecular weight excluding hydrogens is 1080 g/mol. The average molecular weight is 1140 g/mol. The zero-order valence-corrected chi connectivity index (χ0v) is 49.8. The van der Waals surface area contributed by atoms with Gasteiger partial charge in [-0.1, -0.05) is 212 Å². The molecule has 3 aliphatic rings. The Morgan fingerprint density at radius 2 is 0.989 bits per heavy atom. The first-order valence-corrected chi connectivity index (χ1v) is 31.2. The zero-order valence-electron chi connectivity index (χ0n) is 49.8. The van der Waals surface area contributed by atoms with E-state index in [0.29, 0.717) is 0 Å². The van der Waals surface area contributed by atoms with E-state index in [4.69, 9.17) is 0 Å². The SMILES string of the molecule is C1=CC2=C(CC1)Cc1ccc(-c3cc4c(cc3-c3ccccc3)[nH]c3cc(-c5ccccc5)c(-c5ccccc5)cc34)cc12.C=Cc1c(/C=C\C)n(-c2cccc(-n3c4ccccc4c4cc(-c5cccc(C6=NC=CCC6)c5)ccc43)c2)c2ccccc12. The van der Waals surface area contributed by atoms with Gasteiger partial charge in [-0.2, -0.15) is 0 Å². The van der Waals surface area contributed by atoms with Gasteiger partial charge in [0.2, 0.25) is 0 Å². The largest absolute Gasteiger partial charge is 0.354 e. The maximum atomic E-state index is 4.65. The van der Waals surface area contributed by atoms with E-state index in [0.717, 1.165) is 65.1 Å². The predicted molar refractivity (Wildman–Crippen MR) is 379 cm³/mol. The lowest BCUT2D eigenvalue weighted by Gasteiger charge is -2.14. The molecule has 0 atom stereocenters. The summed E-state index contributed by atoms with van der Waals surface area (Å²) in [5.74, 6) is 0. The van der Waals surface area contributed by atoms with Crippen LogP contribution < -0.4 is 0 Å². The second kappa shape index (κ2) is 22.7. The molecule has 0 unspecified atom stereocenters. The first-order chi connectivity index (χ1) is 44.0. The second-order valence-electron chi connectivity index (χ2n) is 23.7. The fraction of sp³-hybridized carbons (Fsp3) is 0.0706. The number of aromatic amines is 1. The topological polar surface area (TPSA) is 38.0 Å². The van der Waals surface area contributed by atoms with Crippen LogP contribution in [0.25, 0.3) is 139 Å². The average Bonchev–Trinajstić information content (AvgIpc) is 1.88. The summed E-state index contributed by atoms with van der Waals surface area (Å²) in [6.07, 6.45) is 20.5. The summed E-state index contributed by atoms with van der Waals surface area (Å²) < 4.78 is 4.74. The van der Waals surface area contributed by atoms with Gasteiger partial charge >= 0.3 is 0 Å². The summed E-state index contributed by atoms with van der Waals surface area (Å²) in [4.78, 5) is 8.47. The molecule has 0 spiro atoms. The van der Waals surface area contributed by atoms with E-state index in [1.165, 1.54) is 128 Å². The van der Waals surface area contributed by atoms with Gasteiger partial charge in [-0.05, 0) is 202 Å². The summed E-state index contributed by atoms with van der Waals surface area (Å²) in [5.41, 5.74) is 31.0. The van der Waals surface area contributed by atoms with Crippen LogP contribution in [0.5, 0.6) is 0 Å². The number of nitrogens with zero attached hydrogens (tertiary/aromatic N) is 3. The third-order valence-corrected chi connectivity index (χ3v) is 18.4. The third kappa shape index (κ3) is 9.53. The summed E-state index contributed by atoms with van der Waals surface area (Å²) in [6.45, 7) is 6.22. The number of aromatic nitrogens is 3. The van der Waals surface area contributed by atoms with Crippen molar-refractivity contribution in [1.29, 1.82) is 0 Å². The van der Waals surface area contributed by atoms with Gasteiger partial charge < -0.3 is 14.1 Å². The molecule has 11 aromatic carbocycles. The van der Waals surface area contributed by atoms with Crippen LogP contribution in [-0.4, -0.2) is 19.8 Å². The number of hydrogen-bond acceptors (Lipinski definition) is 1. The normalized spacial score (nSPS) is 13.6. The maximum absolute atomic E-state index is 4.65. The molecule has 4 heteroatoms. The zero-order chi connectivity index (χ0) is 59.4. The number of H-pyrrole nitrogens is 1. The molecule has 17 rings (SSSR count). The Morgan fingerprint density at radius 3 is 1.66 bits per heavy atom. The molecule has 424 valence electrons. The standard InChI is InChI=1S/C43H31N.C42H33N3/c1-4-12-28(13-5-1)36-24-40-41-25-37(33-21-20-32-22-31-18-10-11-19-34(31)35(32)23-33)39(30-16-8-3-9-17-30)27-43(41)44-42(40)26-38(36)29-14-6-2-7-15-29;1-3-13-39-34(4-2)35-18-5-7-21-40(35)44(39)32-16-12-17-33(28-32)45-41-22-8-6-19-36(41)37-27-30(23-24-42(37)45)29-14-11-15-31(26-29)38-20-9-10-25-43-38/h1-9,11-17,19-21,23-27,44H,10,18,22H2;3-8,10-19,21-28H,2,9,20H2,1H3/b;13-3-. The van der Waals surface area contributed by atoms with Gasteiger partial charge in [-0.25, -0.2) is 0 Å². The number of benzene rings is 11. The molecule has 1 aliphatic heterocycles. The minimum Gasteiger partial charge on any atom is -0.354 e. The van der Waals surface area contributed by atoms with E-state index in [9.17, 15) is 0 Å². The van der Waals surface area contributed by atoms with Crippen molar-refractivity contribution in [3.05, 3.63) is 319 Å².